The minimum Gasteiger partial charge on any atom is -0.399 e. The van der Waals surface area contributed by atoms with E-state index in [0.717, 1.165) is 36.5 Å². The van der Waals surface area contributed by atoms with Crippen molar-refractivity contribution >= 4 is 5.69 Å². The van der Waals surface area contributed by atoms with E-state index in [9.17, 15) is 0 Å². The van der Waals surface area contributed by atoms with Gasteiger partial charge in [-0.15, -0.1) is 0 Å². The molecular weight excluding hydrogens is 240 g/mol. The molecule has 0 saturated carbocycles. The highest BCUT2D eigenvalue weighted by atomic mass is 16.5. The van der Waals surface area contributed by atoms with E-state index in [1.165, 1.54) is 0 Å². The Balaban J connectivity index is 1.78. The summed E-state index contributed by atoms with van der Waals surface area (Å²) >= 11 is 0. The van der Waals surface area contributed by atoms with Crippen molar-refractivity contribution in [1.29, 1.82) is 0 Å². The third-order valence-corrected chi connectivity index (χ3v) is 2.93. The summed E-state index contributed by atoms with van der Waals surface area (Å²) < 4.78 is 7.53. The van der Waals surface area contributed by atoms with Crippen molar-refractivity contribution in [1.82, 2.24) is 14.8 Å². The molecule has 19 heavy (non-hydrogen) atoms. The molecule has 102 valence electrons. The second-order valence-corrected chi connectivity index (χ2v) is 4.40. The number of hydrogen-bond donors (Lipinski definition) is 1. The van der Waals surface area contributed by atoms with Crippen LogP contribution in [0.25, 0.3) is 0 Å². The number of aromatic nitrogens is 3. The average Bonchev–Trinajstić information content (AvgIpc) is 2.85. The largest absolute Gasteiger partial charge is 0.399 e. The Morgan fingerprint density at radius 2 is 2.16 bits per heavy atom. The Bertz CT molecular complexity index is 510. The molecule has 0 unspecified atom stereocenters. The van der Waals surface area contributed by atoms with E-state index in [2.05, 4.69) is 17.0 Å². The zero-order valence-electron chi connectivity index (χ0n) is 11.2. The number of hydrogen-bond acceptors (Lipinski definition) is 4. The normalized spacial score (nSPS) is 10.8. The Labute approximate surface area is 113 Å². The molecule has 2 aromatic rings. The monoisotopic (exact) mass is 260 g/mol. The van der Waals surface area contributed by atoms with Crippen LogP contribution >= 0.6 is 0 Å². The predicted molar refractivity (Wildman–Crippen MR) is 74.5 cm³/mol. The second kappa shape index (κ2) is 6.89. The fourth-order valence-electron chi connectivity index (χ4n) is 1.91. The Kier molecular flexibility index (Phi) is 4.92. The number of ether oxygens (including phenoxy) is 1. The van der Waals surface area contributed by atoms with E-state index in [0.29, 0.717) is 13.2 Å². The second-order valence-electron chi connectivity index (χ2n) is 4.40. The zero-order chi connectivity index (χ0) is 13.5. The van der Waals surface area contributed by atoms with Gasteiger partial charge in [-0.05, 0) is 24.5 Å². The minimum atomic E-state index is 0.493. The van der Waals surface area contributed by atoms with Crippen LogP contribution in [0.2, 0.25) is 0 Å². The molecule has 0 saturated heterocycles. The van der Waals surface area contributed by atoms with Crippen LogP contribution in [-0.4, -0.2) is 21.4 Å². The number of anilines is 1. The van der Waals surface area contributed by atoms with Crippen LogP contribution in [0.1, 0.15) is 24.7 Å². The van der Waals surface area contributed by atoms with Gasteiger partial charge in [0.15, 0.2) is 5.82 Å². The van der Waals surface area contributed by atoms with Crippen LogP contribution in [0.4, 0.5) is 5.69 Å². The number of nitrogens with two attached hydrogens (primary N) is 1. The Morgan fingerprint density at radius 3 is 2.95 bits per heavy atom. The molecule has 1 heterocycles. The maximum absolute atomic E-state index is 5.88. The molecule has 0 aliphatic carbocycles. The Morgan fingerprint density at radius 1 is 1.32 bits per heavy atom. The molecule has 0 radical (unpaired) electrons. The molecule has 0 spiro atoms. The average molecular weight is 260 g/mol. The summed E-state index contributed by atoms with van der Waals surface area (Å²) in [7, 11) is 0. The van der Waals surface area contributed by atoms with E-state index < -0.39 is 0 Å². The smallest absolute Gasteiger partial charge is 0.152 e. The van der Waals surface area contributed by atoms with E-state index in [4.69, 9.17) is 10.5 Å². The lowest BCUT2D eigenvalue weighted by Crippen LogP contribution is -2.08. The molecule has 0 bridgehead atoms. The van der Waals surface area contributed by atoms with Crippen molar-refractivity contribution in [2.75, 3.05) is 12.3 Å². The molecule has 0 aliphatic rings. The minimum absolute atomic E-state index is 0.493. The molecule has 0 aliphatic heterocycles. The SMILES string of the molecule is CCCn1ncnc1COCCc1ccccc1N. The highest BCUT2D eigenvalue weighted by Crippen LogP contribution is 2.11. The number of rotatable bonds is 7. The van der Waals surface area contributed by atoms with Crippen LogP contribution < -0.4 is 5.73 Å². The summed E-state index contributed by atoms with van der Waals surface area (Å²) in [6.07, 6.45) is 3.43. The predicted octanol–water partition coefficient (Wildman–Crippen LogP) is 2.03. The summed E-state index contributed by atoms with van der Waals surface area (Å²) in [4.78, 5) is 4.20. The summed E-state index contributed by atoms with van der Waals surface area (Å²) in [6.45, 7) is 4.12. The van der Waals surface area contributed by atoms with Crippen molar-refractivity contribution in [3.05, 3.63) is 42.0 Å². The molecule has 0 amide bonds. The van der Waals surface area contributed by atoms with Crippen LogP contribution in [0, 0.1) is 0 Å². The van der Waals surface area contributed by atoms with Gasteiger partial charge in [0.25, 0.3) is 0 Å². The summed E-state index contributed by atoms with van der Waals surface area (Å²) in [6, 6.07) is 7.86. The van der Waals surface area contributed by atoms with Crippen LogP contribution in [0.5, 0.6) is 0 Å². The fourth-order valence-corrected chi connectivity index (χ4v) is 1.91. The van der Waals surface area contributed by atoms with Gasteiger partial charge in [0.05, 0.1) is 6.61 Å². The lowest BCUT2D eigenvalue weighted by atomic mass is 10.1. The number of para-hydroxylation sites is 1. The van der Waals surface area contributed by atoms with Crippen molar-refractivity contribution in [3.8, 4) is 0 Å². The van der Waals surface area contributed by atoms with Gasteiger partial charge in [0.1, 0.15) is 12.9 Å². The molecule has 0 atom stereocenters. The van der Waals surface area contributed by atoms with E-state index in [1.807, 2.05) is 28.9 Å². The lowest BCUT2D eigenvalue weighted by Gasteiger charge is -2.07. The van der Waals surface area contributed by atoms with Gasteiger partial charge in [-0.25, -0.2) is 9.67 Å². The number of nitrogens with zero attached hydrogens (tertiary/aromatic N) is 3. The highest BCUT2D eigenvalue weighted by molar-refractivity contribution is 5.46. The molecule has 1 aromatic heterocycles. The van der Waals surface area contributed by atoms with Gasteiger partial charge in [0.2, 0.25) is 0 Å². The number of aryl methyl sites for hydroxylation is 1. The first kappa shape index (κ1) is 13.5. The molecule has 5 heteroatoms. The van der Waals surface area contributed by atoms with Crippen LogP contribution in [-0.2, 0) is 24.3 Å². The Hall–Kier alpha value is -1.88. The maximum atomic E-state index is 5.88. The summed E-state index contributed by atoms with van der Waals surface area (Å²) in [5.74, 6) is 0.878. The fraction of sp³-hybridized carbons (Fsp3) is 0.429. The van der Waals surface area contributed by atoms with E-state index in [1.54, 1.807) is 6.33 Å². The van der Waals surface area contributed by atoms with Crippen molar-refractivity contribution in [2.24, 2.45) is 0 Å². The first-order valence-electron chi connectivity index (χ1n) is 6.59. The quantitative estimate of drug-likeness (QED) is 0.611. The van der Waals surface area contributed by atoms with Crippen molar-refractivity contribution in [3.63, 3.8) is 0 Å². The van der Waals surface area contributed by atoms with Gasteiger partial charge in [-0.2, -0.15) is 5.10 Å². The van der Waals surface area contributed by atoms with Gasteiger partial charge in [-0.1, -0.05) is 25.1 Å². The third kappa shape index (κ3) is 3.79. The molecule has 0 fully saturated rings. The third-order valence-electron chi connectivity index (χ3n) is 2.93. The highest BCUT2D eigenvalue weighted by Gasteiger charge is 2.04. The zero-order valence-corrected chi connectivity index (χ0v) is 11.2. The van der Waals surface area contributed by atoms with Crippen LogP contribution in [0.3, 0.4) is 0 Å². The first-order chi connectivity index (χ1) is 9.31. The van der Waals surface area contributed by atoms with E-state index in [-0.39, 0.29) is 0 Å². The number of nitrogen functional groups attached to an aromatic ring is 1. The number of benzene rings is 1. The van der Waals surface area contributed by atoms with Crippen molar-refractivity contribution < 1.29 is 4.74 Å². The van der Waals surface area contributed by atoms with Gasteiger partial charge in [0, 0.05) is 12.2 Å². The summed E-state index contributed by atoms with van der Waals surface area (Å²) in [5, 5.41) is 4.16. The standard InChI is InChI=1S/C14H20N4O/c1-2-8-18-14(16-11-17-18)10-19-9-7-12-5-3-4-6-13(12)15/h3-6,11H,2,7-10,15H2,1H3. The van der Waals surface area contributed by atoms with Crippen molar-refractivity contribution in [2.45, 2.75) is 32.9 Å². The molecule has 2 rings (SSSR count). The van der Waals surface area contributed by atoms with Gasteiger partial charge < -0.3 is 10.5 Å². The topological polar surface area (TPSA) is 66.0 Å². The summed E-state index contributed by atoms with van der Waals surface area (Å²) in [5.41, 5.74) is 7.82. The maximum Gasteiger partial charge on any atom is 0.152 e. The molecular formula is C14H20N4O. The van der Waals surface area contributed by atoms with Gasteiger partial charge in [-0.3, -0.25) is 0 Å². The molecule has 1 aromatic carbocycles. The van der Waals surface area contributed by atoms with Crippen LogP contribution in [0.15, 0.2) is 30.6 Å². The molecule has 2 N–H and O–H groups in total. The lowest BCUT2D eigenvalue weighted by molar-refractivity contribution is 0.115. The molecule has 5 nitrogen and oxygen atoms in total. The first-order valence-corrected chi connectivity index (χ1v) is 6.59. The van der Waals surface area contributed by atoms with Gasteiger partial charge >= 0.3 is 0 Å². The van der Waals surface area contributed by atoms with E-state index >= 15 is 0 Å².